The van der Waals surface area contributed by atoms with Crippen molar-refractivity contribution < 1.29 is 9.47 Å². The third kappa shape index (κ3) is 3.22. The van der Waals surface area contributed by atoms with Gasteiger partial charge in [-0.25, -0.2) is 9.78 Å². The van der Waals surface area contributed by atoms with Crippen molar-refractivity contribution in [1.82, 2.24) is 19.5 Å². The van der Waals surface area contributed by atoms with E-state index in [1.54, 1.807) is 20.3 Å². The van der Waals surface area contributed by atoms with E-state index in [0.717, 1.165) is 42.4 Å². The molecular weight excluding hydrogens is 396 g/mol. The van der Waals surface area contributed by atoms with Gasteiger partial charge in [-0.1, -0.05) is 12.1 Å². The maximum absolute atomic E-state index is 12.5. The van der Waals surface area contributed by atoms with Crippen LogP contribution in [0.15, 0.2) is 41.2 Å². The third-order valence-electron chi connectivity index (χ3n) is 5.96. The largest absolute Gasteiger partial charge is 0.493 e. The van der Waals surface area contributed by atoms with Crippen molar-refractivity contribution in [3.05, 3.63) is 46.9 Å². The number of benzene rings is 2. The summed E-state index contributed by atoms with van der Waals surface area (Å²) in [4.78, 5) is 26.8. The molecule has 2 aromatic heterocycles. The average molecular weight is 420 g/mol. The maximum Gasteiger partial charge on any atom is 0.326 e. The minimum Gasteiger partial charge on any atom is -0.493 e. The van der Waals surface area contributed by atoms with Crippen LogP contribution in [0.4, 0.5) is 11.8 Å². The Morgan fingerprint density at radius 3 is 2.52 bits per heavy atom. The van der Waals surface area contributed by atoms with Gasteiger partial charge in [0.25, 0.3) is 0 Å². The predicted octanol–water partition coefficient (Wildman–Crippen LogP) is 2.71. The lowest BCUT2D eigenvalue weighted by atomic mass is 10.0. The highest BCUT2D eigenvalue weighted by atomic mass is 16.5. The Balaban J connectivity index is 1.42. The molecule has 3 N–H and O–H groups in total. The van der Waals surface area contributed by atoms with Gasteiger partial charge in [-0.15, -0.1) is 0 Å². The van der Waals surface area contributed by atoms with Crippen LogP contribution in [0.3, 0.4) is 0 Å². The normalized spacial score (nSPS) is 15.0. The molecule has 5 rings (SSSR count). The number of methoxy groups -OCH3 is 2. The number of imidazole rings is 1. The molecular formula is C22H24N6O3. The van der Waals surface area contributed by atoms with Crippen LogP contribution >= 0.6 is 0 Å². The summed E-state index contributed by atoms with van der Waals surface area (Å²) in [5.74, 6) is 2.16. The van der Waals surface area contributed by atoms with Crippen LogP contribution in [0, 0.1) is 0 Å². The number of ether oxygens (including phenoxy) is 2. The Morgan fingerprint density at radius 2 is 1.77 bits per heavy atom. The fourth-order valence-electron chi connectivity index (χ4n) is 4.37. The first-order chi connectivity index (χ1) is 15.1. The van der Waals surface area contributed by atoms with E-state index in [1.807, 2.05) is 34.9 Å². The Kier molecular flexibility index (Phi) is 4.65. The number of hydrogen-bond donors (Lipinski definition) is 2. The van der Waals surface area contributed by atoms with E-state index < -0.39 is 0 Å². The highest BCUT2D eigenvalue weighted by Crippen LogP contribution is 2.35. The zero-order chi connectivity index (χ0) is 21.5. The first kappa shape index (κ1) is 19.2. The van der Waals surface area contributed by atoms with E-state index in [0.29, 0.717) is 28.8 Å². The molecule has 1 fully saturated rings. The van der Waals surface area contributed by atoms with E-state index in [4.69, 9.17) is 20.2 Å². The van der Waals surface area contributed by atoms with Crippen LogP contribution in [0.5, 0.6) is 11.5 Å². The van der Waals surface area contributed by atoms with Gasteiger partial charge in [0.15, 0.2) is 11.5 Å². The Labute approximate surface area is 178 Å². The van der Waals surface area contributed by atoms with Crippen molar-refractivity contribution in [3.63, 3.8) is 0 Å². The standard InChI is InChI=1S/C22H24N6O3/c1-30-18-11-14-16(12-19(18)31-2)24-21(26-20(14)23)27-9-7-13(8-10-27)28-17-6-4-3-5-15(17)25-22(28)29/h3-6,11-13H,7-10H2,1-2H3,(H,25,29)(H2,23,24,26). The maximum atomic E-state index is 12.5. The SMILES string of the molecule is COc1cc2nc(N3CCC(n4c(=O)[nH]c5ccccc54)CC3)nc(N)c2cc1OC. The van der Waals surface area contributed by atoms with Crippen molar-refractivity contribution in [2.75, 3.05) is 37.9 Å². The summed E-state index contributed by atoms with van der Waals surface area (Å²) in [5, 5.41) is 0.724. The van der Waals surface area contributed by atoms with E-state index in [-0.39, 0.29) is 11.7 Å². The van der Waals surface area contributed by atoms with Gasteiger partial charge in [-0.05, 0) is 31.0 Å². The molecule has 0 saturated carbocycles. The number of aromatic nitrogens is 4. The van der Waals surface area contributed by atoms with Gasteiger partial charge in [0.05, 0.1) is 30.8 Å². The number of nitrogens with zero attached hydrogens (tertiary/aromatic N) is 4. The molecule has 1 aliphatic heterocycles. The molecule has 0 radical (unpaired) electrons. The molecule has 9 heteroatoms. The fraction of sp³-hybridized carbons (Fsp3) is 0.318. The molecule has 3 heterocycles. The molecule has 160 valence electrons. The summed E-state index contributed by atoms with van der Waals surface area (Å²) in [6.07, 6.45) is 1.63. The average Bonchev–Trinajstić information content (AvgIpc) is 3.13. The third-order valence-corrected chi connectivity index (χ3v) is 5.96. The number of piperidine rings is 1. The van der Waals surface area contributed by atoms with Crippen LogP contribution in [-0.2, 0) is 0 Å². The zero-order valence-electron chi connectivity index (χ0n) is 17.5. The number of rotatable bonds is 4. The number of para-hydroxylation sites is 2. The number of H-pyrrole nitrogens is 1. The highest BCUT2D eigenvalue weighted by Gasteiger charge is 2.25. The summed E-state index contributed by atoms with van der Waals surface area (Å²) >= 11 is 0. The van der Waals surface area contributed by atoms with Crippen LogP contribution < -0.4 is 25.8 Å². The number of nitrogen functional groups attached to an aromatic ring is 1. The van der Waals surface area contributed by atoms with Gasteiger partial charge in [0.2, 0.25) is 5.95 Å². The lowest BCUT2D eigenvalue weighted by Gasteiger charge is -2.32. The molecule has 1 saturated heterocycles. The molecule has 0 aliphatic carbocycles. The van der Waals surface area contributed by atoms with Crippen molar-refractivity contribution >= 4 is 33.7 Å². The van der Waals surface area contributed by atoms with Crippen LogP contribution in [-0.4, -0.2) is 46.8 Å². The Morgan fingerprint density at radius 1 is 1.06 bits per heavy atom. The van der Waals surface area contributed by atoms with Gasteiger partial charge in [-0.3, -0.25) is 4.57 Å². The van der Waals surface area contributed by atoms with Crippen molar-refractivity contribution in [1.29, 1.82) is 0 Å². The summed E-state index contributed by atoms with van der Waals surface area (Å²) in [7, 11) is 3.17. The lowest BCUT2D eigenvalue weighted by Crippen LogP contribution is -2.38. The van der Waals surface area contributed by atoms with Gasteiger partial charge in [-0.2, -0.15) is 4.98 Å². The minimum atomic E-state index is -0.0631. The topological polar surface area (TPSA) is 111 Å². The minimum absolute atomic E-state index is 0.0631. The molecule has 31 heavy (non-hydrogen) atoms. The molecule has 0 spiro atoms. The Bertz CT molecular complexity index is 1320. The summed E-state index contributed by atoms with van der Waals surface area (Å²) < 4.78 is 12.6. The number of anilines is 2. The molecule has 2 aromatic carbocycles. The van der Waals surface area contributed by atoms with E-state index in [2.05, 4.69) is 14.9 Å². The van der Waals surface area contributed by atoms with Crippen LogP contribution in [0.2, 0.25) is 0 Å². The summed E-state index contributed by atoms with van der Waals surface area (Å²) in [6.45, 7) is 1.46. The second-order valence-electron chi connectivity index (χ2n) is 7.67. The Hall–Kier alpha value is -3.75. The monoisotopic (exact) mass is 420 g/mol. The van der Waals surface area contributed by atoms with Gasteiger partial charge < -0.3 is 25.1 Å². The second-order valence-corrected chi connectivity index (χ2v) is 7.67. The molecule has 0 amide bonds. The van der Waals surface area contributed by atoms with Crippen molar-refractivity contribution in [2.45, 2.75) is 18.9 Å². The smallest absolute Gasteiger partial charge is 0.326 e. The highest BCUT2D eigenvalue weighted by molar-refractivity contribution is 5.91. The molecule has 0 bridgehead atoms. The fourth-order valence-corrected chi connectivity index (χ4v) is 4.37. The molecule has 4 aromatic rings. The first-order valence-corrected chi connectivity index (χ1v) is 10.2. The van der Waals surface area contributed by atoms with Gasteiger partial charge in [0, 0.05) is 30.6 Å². The number of fused-ring (bicyclic) bond motifs is 2. The van der Waals surface area contributed by atoms with Crippen LogP contribution in [0.25, 0.3) is 21.9 Å². The summed E-state index contributed by atoms with van der Waals surface area (Å²) in [5.41, 5.74) is 8.69. The number of aromatic amines is 1. The second kappa shape index (κ2) is 7.50. The molecule has 0 atom stereocenters. The molecule has 9 nitrogen and oxygen atoms in total. The van der Waals surface area contributed by atoms with Gasteiger partial charge >= 0.3 is 5.69 Å². The summed E-state index contributed by atoms with van der Waals surface area (Å²) in [6, 6.07) is 11.5. The first-order valence-electron chi connectivity index (χ1n) is 10.2. The zero-order valence-corrected chi connectivity index (χ0v) is 17.5. The number of hydrogen-bond acceptors (Lipinski definition) is 7. The number of nitrogens with two attached hydrogens (primary N) is 1. The van der Waals surface area contributed by atoms with Crippen molar-refractivity contribution in [2.24, 2.45) is 0 Å². The van der Waals surface area contributed by atoms with E-state index >= 15 is 0 Å². The molecule has 0 unspecified atom stereocenters. The predicted molar refractivity (Wildman–Crippen MR) is 120 cm³/mol. The van der Waals surface area contributed by atoms with E-state index in [9.17, 15) is 4.79 Å². The molecule has 1 aliphatic rings. The van der Waals surface area contributed by atoms with Gasteiger partial charge in [0.1, 0.15) is 5.82 Å². The number of nitrogens with one attached hydrogen (secondary N) is 1. The quantitative estimate of drug-likeness (QED) is 0.522. The lowest BCUT2D eigenvalue weighted by molar-refractivity contribution is 0.356. The van der Waals surface area contributed by atoms with E-state index in [1.165, 1.54) is 0 Å². The van der Waals surface area contributed by atoms with Crippen LogP contribution in [0.1, 0.15) is 18.9 Å². The van der Waals surface area contributed by atoms with Crippen molar-refractivity contribution in [3.8, 4) is 11.5 Å².